The summed E-state index contributed by atoms with van der Waals surface area (Å²) in [7, 11) is 0. The summed E-state index contributed by atoms with van der Waals surface area (Å²) < 4.78 is 1.11. The third-order valence-electron chi connectivity index (χ3n) is 4.30. The first kappa shape index (κ1) is 16.8. The number of benzene rings is 1. The van der Waals surface area contributed by atoms with Crippen LogP contribution in [0.4, 0.5) is 5.69 Å². The van der Waals surface area contributed by atoms with Crippen molar-refractivity contribution in [2.24, 2.45) is 0 Å². The van der Waals surface area contributed by atoms with Crippen LogP contribution in [0.1, 0.15) is 51.1 Å². The lowest BCUT2D eigenvalue weighted by molar-refractivity contribution is 0.240. The molecule has 0 aromatic heterocycles. The van der Waals surface area contributed by atoms with Crippen molar-refractivity contribution in [3.05, 3.63) is 28.2 Å². The zero-order valence-electron chi connectivity index (χ0n) is 13.1. The van der Waals surface area contributed by atoms with Crippen molar-refractivity contribution in [1.82, 2.24) is 5.32 Å². The Morgan fingerprint density at radius 1 is 1.43 bits per heavy atom. The summed E-state index contributed by atoms with van der Waals surface area (Å²) >= 11 is 3.59. The average molecular weight is 355 g/mol. The topological polar surface area (TPSA) is 35.5 Å². The average Bonchev–Trinajstić information content (AvgIpc) is 2.52. The summed E-state index contributed by atoms with van der Waals surface area (Å²) in [4.78, 5) is 2.40. The van der Waals surface area contributed by atoms with Gasteiger partial charge in [0.15, 0.2) is 0 Å². The number of halogens is 1. The van der Waals surface area contributed by atoms with E-state index in [2.05, 4.69) is 58.2 Å². The van der Waals surface area contributed by atoms with Crippen molar-refractivity contribution in [2.75, 3.05) is 24.6 Å². The molecule has 1 aliphatic heterocycles. The van der Waals surface area contributed by atoms with E-state index in [1.54, 1.807) is 0 Å². The van der Waals surface area contributed by atoms with Crippen molar-refractivity contribution < 1.29 is 5.11 Å². The predicted molar refractivity (Wildman–Crippen MR) is 92.9 cm³/mol. The zero-order valence-corrected chi connectivity index (χ0v) is 14.7. The van der Waals surface area contributed by atoms with E-state index in [4.69, 9.17) is 0 Å². The van der Waals surface area contributed by atoms with E-state index in [9.17, 15) is 5.11 Å². The van der Waals surface area contributed by atoms with Crippen molar-refractivity contribution in [3.8, 4) is 0 Å². The number of nitrogens with zero attached hydrogens (tertiary/aromatic N) is 1. The van der Waals surface area contributed by atoms with Crippen molar-refractivity contribution in [2.45, 2.75) is 51.6 Å². The van der Waals surface area contributed by atoms with Crippen LogP contribution in [0, 0.1) is 0 Å². The van der Waals surface area contributed by atoms with Crippen LogP contribution in [0.5, 0.6) is 0 Å². The smallest absolute Gasteiger partial charge is 0.0635 e. The second-order valence-electron chi connectivity index (χ2n) is 5.90. The number of anilines is 1. The van der Waals surface area contributed by atoms with Gasteiger partial charge in [0.05, 0.1) is 12.6 Å². The molecular formula is C17H27BrN2O. The molecule has 1 aromatic rings. The largest absolute Gasteiger partial charge is 0.394 e. The lowest BCUT2D eigenvalue weighted by Crippen LogP contribution is -2.42. The molecule has 1 aromatic carbocycles. The van der Waals surface area contributed by atoms with E-state index in [1.165, 1.54) is 24.1 Å². The fourth-order valence-corrected chi connectivity index (χ4v) is 3.49. The molecule has 0 radical (unpaired) electrons. The molecule has 1 saturated heterocycles. The maximum Gasteiger partial charge on any atom is 0.0635 e. The fourth-order valence-electron chi connectivity index (χ4n) is 3.11. The maximum atomic E-state index is 9.68. The van der Waals surface area contributed by atoms with Gasteiger partial charge in [0, 0.05) is 22.7 Å². The van der Waals surface area contributed by atoms with Crippen LogP contribution < -0.4 is 10.2 Å². The molecule has 0 amide bonds. The fraction of sp³-hybridized carbons (Fsp3) is 0.647. The van der Waals surface area contributed by atoms with Gasteiger partial charge >= 0.3 is 0 Å². The van der Waals surface area contributed by atoms with Crippen molar-refractivity contribution in [3.63, 3.8) is 0 Å². The molecule has 2 N–H and O–H groups in total. The molecule has 0 aliphatic carbocycles. The summed E-state index contributed by atoms with van der Waals surface area (Å²) in [5.41, 5.74) is 2.59. The lowest BCUT2D eigenvalue weighted by Gasteiger charge is -2.38. The Kier molecular flexibility index (Phi) is 6.52. The summed E-state index contributed by atoms with van der Waals surface area (Å²) in [5.74, 6) is 0. The number of aliphatic hydroxyl groups excluding tert-OH is 1. The molecule has 0 spiro atoms. The highest BCUT2D eigenvalue weighted by Gasteiger charge is 2.25. The van der Waals surface area contributed by atoms with E-state index in [0.29, 0.717) is 6.04 Å². The predicted octanol–water partition coefficient (Wildman–Crippen LogP) is 3.86. The molecule has 1 aliphatic rings. The summed E-state index contributed by atoms with van der Waals surface area (Å²) in [6.07, 6.45) is 4.65. The number of aliphatic hydroxyl groups is 1. The van der Waals surface area contributed by atoms with E-state index in [0.717, 1.165) is 30.4 Å². The summed E-state index contributed by atoms with van der Waals surface area (Å²) in [6, 6.07) is 7.09. The Hall–Kier alpha value is -0.580. The van der Waals surface area contributed by atoms with Crippen LogP contribution in [0.3, 0.4) is 0 Å². The standard InChI is InChI=1S/C17H27BrN2O/c1-3-9-19-13(2)16-11-14(18)7-8-17(16)20-10-5-4-6-15(20)12-21/h7-8,11,13,15,19,21H,3-6,9-10,12H2,1-2H3. The van der Waals surface area contributed by atoms with E-state index >= 15 is 0 Å². The van der Waals surface area contributed by atoms with Gasteiger partial charge in [-0.15, -0.1) is 0 Å². The highest BCUT2D eigenvalue weighted by molar-refractivity contribution is 9.10. The van der Waals surface area contributed by atoms with Gasteiger partial charge in [0.2, 0.25) is 0 Å². The van der Waals surface area contributed by atoms with E-state index in [-0.39, 0.29) is 12.6 Å². The number of hydrogen-bond donors (Lipinski definition) is 2. The number of piperidine rings is 1. The van der Waals surface area contributed by atoms with Crippen LogP contribution in [0.2, 0.25) is 0 Å². The minimum atomic E-state index is 0.242. The molecule has 0 bridgehead atoms. The first-order valence-electron chi connectivity index (χ1n) is 8.07. The summed E-state index contributed by atoms with van der Waals surface area (Å²) in [6.45, 7) is 6.72. The van der Waals surface area contributed by atoms with Crippen LogP contribution in [-0.4, -0.2) is 30.8 Å². The molecule has 2 rings (SSSR count). The van der Waals surface area contributed by atoms with Crippen LogP contribution in [-0.2, 0) is 0 Å². The Bertz CT molecular complexity index is 452. The Morgan fingerprint density at radius 2 is 2.24 bits per heavy atom. The lowest BCUT2D eigenvalue weighted by atomic mass is 9.98. The van der Waals surface area contributed by atoms with E-state index < -0.39 is 0 Å². The third kappa shape index (κ3) is 4.21. The van der Waals surface area contributed by atoms with Gasteiger partial charge in [0.1, 0.15) is 0 Å². The van der Waals surface area contributed by atoms with Crippen LogP contribution in [0.15, 0.2) is 22.7 Å². The number of nitrogens with one attached hydrogen (secondary N) is 1. The Labute approximate surface area is 136 Å². The molecule has 2 atom stereocenters. The zero-order chi connectivity index (χ0) is 15.2. The first-order chi connectivity index (χ1) is 10.2. The van der Waals surface area contributed by atoms with E-state index in [1.807, 2.05) is 0 Å². The van der Waals surface area contributed by atoms with Crippen LogP contribution in [0.25, 0.3) is 0 Å². The molecule has 1 heterocycles. The second-order valence-corrected chi connectivity index (χ2v) is 6.82. The van der Waals surface area contributed by atoms with Gasteiger partial charge in [-0.25, -0.2) is 0 Å². The Morgan fingerprint density at radius 3 is 2.95 bits per heavy atom. The van der Waals surface area contributed by atoms with Crippen LogP contribution >= 0.6 is 15.9 Å². The molecule has 21 heavy (non-hydrogen) atoms. The normalized spacial score (nSPS) is 20.6. The monoisotopic (exact) mass is 354 g/mol. The number of rotatable bonds is 6. The SMILES string of the molecule is CCCNC(C)c1cc(Br)ccc1N1CCCCC1CO. The highest BCUT2D eigenvalue weighted by atomic mass is 79.9. The number of hydrogen-bond acceptors (Lipinski definition) is 3. The molecule has 118 valence electrons. The molecule has 0 saturated carbocycles. The van der Waals surface area contributed by atoms with Crippen molar-refractivity contribution in [1.29, 1.82) is 0 Å². The van der Waals surface area contributed by atoms with Gasteiger partial charge in [-0.3, -0.25) is 0 Å². The Balaban J connectivity index is 2.28. The van der Waals surface area contributed by atoms with Gasteiger partial charge in [0.25, 0.3) is 0 Å². The first-order valence-corrected chi connectivity index (χ1v) is 8.87. The molecule has 3 nitrogen and oxygen atoms in total. The molecular weight excluding hydrogens is 328 g/mol. The van der Waals surface area contributed by atoms with Gasteiger partial charge < -0.3 is 15.3 Å². The van der Waals surface area contributed by atoms with Crippen molar-refractivity contribution >= 4 is 21.6 Å². The molecule has 2 unspecified atom stereocenters. The van der Waals surface area contributed by atoms with Gasteiger partial charge in [-0.2, -0.15) is 0 Å². The minimum Gasteiger partial charge on any atom is -0.394 e. The maximum absolute atomic E-state index is 9.68. The third-order valence-corrected chi connectivity index (χ3v) is 4.80. The van der Waals surface area contributed by atoms with Gasteiger partial charge in [-0.1, -0.05) is 22.9 Å². The highest BCUT2D eigenvalue weighted by Crippen LogP contribution is 2.33. The summed E-state index contributed by atoms with van der Waals surface area (Å²) in [5, 5.41) is 13.3. The molecule has 1 fully saturated rings. The minimum absolute atomic E-state index is 0.242. The quantitative estimate of drug-likeness (QED) is 0.813. The van der Waals surface area contributed by atoms with Gasteiger partial charge in [-0.05, 0) is 62.9 Å². The molecule has 4 heteroatoms. The second kappa shape index (κ2) is 8.16.